The third-order valence-electron chi connectivity index (χ3n) is 3.56. The van der Waals surface area contributed by atoms with Crippen LogP contribution in [-0.2, 0) is 0 Å². The number of nitrogens with zero attached hydrogens (tertiary/aromatic N) is 12. The predicted molar refractivity (Wildman–Crippen MR) is 91.7 cm³/mol. The maximum Gasteiger partial charge on any atom is 0.289 e. The number of aryl methyl sites for hydroxylation is 4. The van der Waals surface area contributed by atoms with Crippen molar-refractivity contribution >= 4 is 11.9 Å². The summed E-state index contributed by atoms with van der Waals surface area (Å²) >= 11 is 0. The van der Waals surface area contributed by atoms with Crippen molar-refractivity contribution in [2.24, 2.45) is 0 Å². The topological polar surface area (TPSA) is 151 Å². The Morgan fingerprint density at radius 3 is 1.26 bits per heavy atom. The van der Waals surface area contributed by atoms with Crippen LogP contribution in [0.25, 0.3) is 11.9 Å². The fourth-order valence-corrected chi connectivity index (χ4v) is 2.48. The molecule has 4 rings (SSSR count). The average molecular weight is 365 g/mol. The minimum absolute atomic E-state index is 0.114. The zero-order valence-electron chi connectivity index (χ0n) is 15.0. The highest BCUT2D eigenvalue weighted by Crippen LogP contribution is 2.09. The number of aromatic nitrogens is 12. The van der Waals surface area contributed by atoms with Gasteiger partial charge < -0.3 is 0 Å². The molecule has 0 radical (unpaired) electrons. The van der Waals surface area contributed by atoms with Crippen molar-refractivity contribution in [1.29, 1.82) is 0 Å². The number of rotatable bonds is 4. The fraction of sp³-hybridized carbons (Fsp3) is 0.286. The van der Waals surface area contributed by atoms with Crippen LogP contribution in [0.5, 0.6) is 0 Å². The molecule has 4 aromatic rings. The molecule has 0 aliphatic rings. The molecule has 0 unspecified atom stereocenters. The van der Waals surface area contributed by atoms with E-state index in [4.69, 9.17) is 0 Å². The van der Waals surface area contributed by atoms with Crippen LogP contribution >= 0.6 is 0 Å². The quantitative estimate of drug-likeness (QED) is 0.528. The van der Waals surface area contributed by atoms with Gasteiger partial charge in [-0.3, -0.25) is 5.32 Å². The summed E-state index contributed by atoms with van der Waals surface area (Å²) in [5.41, 5.74) is 3.47. The number of anilines is 2. The zero-order chi connectivity index (χ0) is 19.0. The fourth-order valence-electron chi connectivity index (χ4n) is 2.48. The van der Waals surface area contributed by atoms with Gasteiger partial charge >= 0.3 is 0 Å². The zero-order valence-corrected chi connectivity index (χ0v) is 15.0. The number of nitrogens with one attached hydrogen (secondary N) is 1. The average Bonchev–Trinajstić information content (AvgIpc) is 3.16. The molecule has 0 spiro atoms. The van der Waals surface area contributed by atoms with Crippen LogP contribution in [-0.4, -0.2) is 60.4 Å². The van der Waals surface area contributed by atoms with Crippen LogP contribution in [0.15, 0.2) is 12.1 Å². The molecule has 4 heterocycles. The normalized spacial score (nSPS) is 11.0. The van der Waals surface area contributed by atoms with Crippen molar-refractivity contribution in [3.8, 4) is 11.9 Å². The van der Waals surface area contributed by atoms with Gasteiger partial charge in [-0.2, -0.15) is 10.2 Å². The lowest BCUT2D eigenvalue weighted by Crippen LogP contribution is -2.13. The van der Waals surface area contributed by atoms with E-state index < -0.39 is 0 Å². The summed E-state index contributed by atoms with van der Waals surface area (Å²) in [5.74, 6) is 0.761. The minimum atomic E-state index is 0.114. The first-order valence-corrected chi connectivity index (χ1v) is 7.99. The lowest BCUT2D eigenvalue weighted by Gasteiger charge is -2.03. The second-order valence-corrected chi connectivity index (χ2v) is 5.85. The molecular formula is C14H15N13. The smallest absolute Gasteiger partial charge is 0.287 e. The van der Waals surface area contributed by atoms with Crippen molar-refractivity contribution in [3.05, 3.63) is 34.9 Å². The van der Waals surface area contributed by atoms with E-state index in [1.165, 1.54) is 0 Å². The largest absolute Gasteiger partial charge is 0.289 e. The molecule has 1 N–H and O–H groups in total. The second-order valence-electron chi connectivity index (χ2n) is 5.85. The molecule has 0 fully saturated rings. The Morgan fingerprint density at radius 2 is 0.963 bits per heavy atom. The summed E-state index contributed by atoms with van der Waals surface area (Å²) < 4.78 is 3.11. The van der Waals surface area contributed by atoms with Gasteiger partial charge in [-0.05, 0) is 39.8 Å². The maximum absolute atomic E-state index is 4.28. The van der Waals surface area contributed by atoms with Crippen LogP contribution in [0.1, 0.15) is 22.8 Å². The molecule has 0 amide bonds. The molecule has 0 aliphatic heterocycles. The van der Waals surface area contributed by atoms with Crippen molar-refractivity contribution in [1.82, 2.24) is 60.4 Å². The van der Waals surface area contributed by atoms with Gasteiger partial charge in [0, 0.05) is 11.4 Å². The SMILES string of the molecule is Cc1cc(C)n(-c2nnc(Nc3nnc(-n4nc(C)cc4C)nn3)nn2)n1. The number of hydrogen-bond donors (Lipinski definition) is 1. The Labute approximate surface area is 152 Å². The molecule has 0 saturated heterocycles. The van der Waals surface area contributed by atoms with Crippen molar-refractivity contribution in [3.63, 3.8) is 0 Å². The first-order valence-electron chi connectivity index (χ1n) is 7.99. The van der Waals surface area contributed by atoms with Crippen molar-refractivity contribution in [2.75, 3.05) is 5.32 Å². The monoisotopic (exact) mass is 365 g/mol. The summed E-state index contributed by atoms with van der Waals surface area (Å²) in [6.07, 6.45) is 0. The Kier molecular flexibility index (Phi) is 3.95. The Hall–Kier alpha value is -3.90. The number of hydrogen-bond acceptors (Lipinski definition) is 11. The van der Waals surface area contributed by atoms with Gasteiger partial charge in [0.2, 0.25) is 0 Å². The van der Waals surface area contributed by atoms with Crippen LogP contribution < -0.4 is 5.32 Å². The van der Waals surface area contributed by atoms with E-state index in [9.17, 15) is 0 Å². The highest BCUT2D eigenvalue weighted by molar-refractivity contribution is 5.39. The summed E-state index contributed by atoms with van der Waals surface area (Å²) in [6.45, 7) is 7.55. The van der Waals surface area contributed by atoms with Crippen molar-refractivity contribution in [2.45, 2.75) is 27.7 Å². The van der Waals surface area contributed by atoms with Gasteiger partial charge in [-0.1, -0.05) is 0 Å². The minimum Gasteiger partial charge on any atom is -0.287 e. The lowest BCUT2D eigenvalue weighted by atomic mass is 10.4. The lowest BCUT2D eigenvalue weighted by molar-refractivity contribution is 0.703. The molecule has 0 saturated carbocycles. The molecule has 0 aliphatic carbocycles. The summed E-state index contributed by atoms with van der Waals surface area (Å²) in [6, 6.07) is 3.82. The standard InChI is InChI=1S/C14H15N13/c1-7-5-9(3)26(24-7)13-20-16-11(17-21-13)15-12-18-22-14(23-19-12)27-10(4)6-8(2)25-27/h5-6H,1-4H3,(H,15,16,17,18,19). The van der Waals surface area contributed by atoms with E-state index >= 15 is 0 Å². The first kappa shape index (κ1) is 16.6. The molecule has 27 heavy (non-hydrogen) atoms. The van der Waals surface area contributed by atoms with Gasteiger partial charge in [0.05, 0.1) is 11.4 Å². The molecule has 0 atom stereocenters. The Balaban J connectivity index is 1.51. The molecule has 13 heteroatoms. The van der Waals surface area contributed by atoms with E-state index in [1.807, 2.05) is 39.8 Å². The second kappa shape index (κ2) is 6.44. The van der Waals surface area contributed by atoms with E-state index in [1.54, 1.807) is 9.36 Å². The highest BCUT2D eigenvalue weighted by atomic mass is 15.5. The van der Waals surface area contributed by atoms with E-state index in [0.29, 0.717) is 0 Å². The van der Waals surface area contributed by atoms with E-state index in [0.717, 1.165) is 22.8 Å². The molecular weight excluding hydrogens is 350 g/mol. The summed E-state index contributed by atoms with van der Waals surface area (Å²) in [5, 5.41) is 43.1. The highest BCUT2D eigenvalue weighted by Gasteiger charge is 2.11. The van der Waals surface area contributed by atoms with Crippen LogP contribution in [0.3, 0.4) is 0 Å². The van der Waals surface area contributed by atoms with Gasteiger partial charge in [0.25, 0.3) is 23.8 Å². The Bertz CT molecular complexity index is 990. The third-order valence-corrected chi connectivity index (χ3v) is 3.56. The van der Waals surface area contributed by atoms with E-state index in [-0.39, 0.29) is 23.8 Å². The van der Waals surface area contributed by atoms with Gasteiger partial charge in [-0.15, -0.1) is 40.8 Å². The van der Waals surface area contributed by atoms with Gasteiger partial charge in [-0.25, -0.2) is 9.36 Å². The summed E-state index contributed by atoms with van der Waals surface area (Å²) in [7, 11) is 0. The van der Waals surface area contributed by atoms with Crippen LogP contribution in [0, 0.1) is 27.7 Å². The maximum atomic E-state index is 4.28. The van der Waals surface area contributed by atoms with Gasteiger partial charge in [0.15, 0.2) is 0 Å². The first-order chi connectivity index (χ1) is 13.0. The Morgan fingerprint density at radius 1 is 0.593 bits per heavy atom. The molecule has 136 valence electrons. The predicted octanol–water partition coefficient (Wildman–Crippen LogP) is 0.195. The molecule has 13 nitrogen and oxygen atoms in total. The molecule has 0 bridgehead atoms. The summed E-state index contributed by atoms with van der Waals surface area (Å²) in [4.78, 5) is 0. The molecule has 4 aromatic heterocycles. The van der Waals surface area contributed by atoms with Crippen LogP contribution in [0.2, 0.25) is 0 Å². The van der Waals surface area contributed by atoms with Crippen molar-refractivity contribution < 1.29 is 0 Å². The molecule has 0 aromatic carbocycles. The van der Waals surface area contributed by atoms with Crippen LogP contribution in [0.4, 0.5) is 11.9 Å². The third kappa shape index (κ3) is 3.29. The van der Waals surface area contributed by atoms with Gasteiger partial charge in [0.1, 0.15) is 0 Å². The van der Waals surface area contributed by atoms with E-state index in [2.05, 4.69) is 56.3 Å².